The molecule has 0 atom stereocenters. The lowest BCUT2D eigenvalue weighted by molar-refractivity contribution is 0.411. The second-order valence-electron chi connectivity index (χ2n) is 6.36. The largest absolute Gasteiger partial charge is 0.506 e. The average Bonchev–Trinajstić information content (AvgIpc) is 2.65. The number of rotatable bonds is 6. The lowest BCUT2D eigenvalue weighted by Gasteiger charge is -2.15. The predicted molar refractivity (Wildman–Crippen MR) is 115 cm³/mol. The van der Waals surface area contributed by atoms with Crippen LogP contribution in [0.2, 0.25) is 0 Å². The average molecular weight is 416 g/mol. The normalized spacial score (nSPS) is 11.4. The molecule has 3 aromatic carbocycles. The van der Waals surface area contributed by atoms with Crippen LogP contribution >= 0.6 is 11.8 Å². The molecule has 2 N–H and O–H groups in total. The molecule has 0 spiro atoms. The van der Waals surface area contributed by atoms with Crippen LogP contribution in [-0.2, 0) is 10.0 Å². The van der Waals surface area contributed by atoms with Gasteiger partial charge < -0.3 is 9.84 Å². The van der Waals surface area contributed by atoms with Crippen LogP contribution in [0.5, 0.6) is 11.5 Å². The van der Waals surface area contributed by atoms with Gasteiger partial charge in [-0.2, -0.15) is 0 Å². The van der Waals surface area contributed by atoms with E-state index in [1.165, 1.54) is 24.9 Å². The van der Waals surface area contributed by atoms with E-state index in [1.54, 1.807) is 49.4 Å². The van der Waals surface area contributed by atoms with E-state index in [-0.39, 0.29) is 10.6 Å². The zero-order valence-electron chi connectivity index (χ0n) is 15.8. The highest BCUT2D eigenvalue weighted by Crippen LogP contribution is 2.42. The number of fused-ring (bicyclic) bond motifs is 1. The molecule has 0 amide bonds. The molecule has 0 heterocycles. The molecule has 0 fully saturated rings. The van der Waals surface area contributed by atoms with Gasteiger partial charge in [-0.05, 0) is 48.6 Å². The van der Waals surface area contributed by atoms with Crippen molar-refractivity contribution in [1.29, 1.82) is 0 Å². The smallest absolute Gasteiger partial charge is 0.261 e. The molecule has 3 rings (SSSR count). The number of anilines is 1. The molecule has 3 aromatic rings. The Bertz CT molecular complexity index is 1170. The number of ether oxygens (including phenoxy) is 1. The van der Waals surface area contributed by atoms with E-state index in [2.05, 4.69) is 11.3 Å². The van der Waals surface area contributed by atoms with Crippen molar-refractivity contribution in [2.24, 2.45) is 0 Å². The van der Waals surface area contributed by atoms with Gasteiger partial charge in [0.15, 0.2) is 0 Å². The molecule has 0 aromatic heterocycles. The summed E-state index contributed by atoms with van der Waals surface area (Å²) in [5.41, 5.74) is 1.12. The highest BCUT2D eigenvalue weighted by molar-refractivity contribution is 8.03. The Morgan fingerprint density at radius 2 is 1.82 bits per heavy atom. The van der Waals surface area contributed by atoms with Gasteiger partial charge in [-0.1, -0.05) is 42.6 Å². The molecule has 5 nitrogen and oxygen atoms in total. The molecule has 146 valence electrons. The lowest BCUT2D eigenvalue weighted by atomic mass is 10.1. The summed E-state index contributed by atoms with van der Waals surface area (Å²) >= 11 is 1.29. The Morgan fingerprint density at radius 1 is 1.14 bits per heavy atom. The summed E-state index contributed by atoms with van der Waals surface area (Å²) in [5, 5.41) is 11.8. The number of aromatic hydroxyl groups is 1. The number of phenolic OH excluding ortho intramolecular Hbond substituents is 1. The van der Waals surface area contributed by atoms with E-state index < -0.39 is 10.0 Å². The first kappa shape index (κ1) is 20.1. The number of phenols is 1. The topological polar surface area (TPSA) is 75.6 Å². The minimum absolute atomic E-state index is 0.104. The standard InChI is InChI=1S/C21H21NO4S2/c1-13(2)27-20-12-18(16-7-5-6-8-17(16)21(20)23)22-28(24,25)15-9-10-19(26-4)14(3)11-15/h5-12,22-23H,1H2,2-4H3. The van der Waals surface area contributed by atoms with E-state index in [0.29, 0.717) is 27.1 Å². The van der Waals surface area contributed by atoms with Crippen molar-refractivity contribution in [3.8, 4) is 11.5 Å². The first-order valence-electron chi connectivity index (χ1n) is 8.48. The van der Waals surface area contributed by atoms with E-state index in [9.17, 15) is 13.5 Å². The molecule has 0 aliphatic heterocycles. The van der Waals surface area contributed by atoms with E-state index in [4.69, 9.17) is 4.74 Å². The Labute approximate surface area is 169 Å². The monoisotopic (exact) mass is 415 g/mol. The quantitative estimate of drug-likeness (QED) is 0.423. The summed E-state index contributed by atoms with van der Waals surface area (Å²) in [6, 6.07) is 13.4. The Kier molecular flexibility index (Phi) is 5.58. The van der Waals surface area contributed by atoms with Crippen LogP contribution in [0.15, 0.2) is 69.8 Å². The second-order valence-corrected chi connectivity index (χ2v) is 9.38. The van der Waals surface area contributed by atoms with E-state index in [0.717, 1.165) is 10.5 Å². The van der Waals surface area contributed by atoms with Gasteiger partial charge in [-0.15, -0.1) is 0 Å². The van der Waals surface area contributed by atoms with Crippen LogP contribution in [-0.4, -0.2) is 20.6 Å². The van der Waals surface area contributed by atoms with Crippen molar-refractivity contribution in [1.82, 2.24) is 0 Å². The number of hydrogen-bond donors (Lipinski definition) is 2. The molecule has 0 bridgehead atoms. The van der Waals surface area contributed by atoms with Gasteiger partial charge in [-0.3, -0.25) is 4.72 Å². The Morgan fingerprint density at radius 3 is 2.43 bits per heavy atom. The van der Waals surface area contributed by atoms with Crippen molar-refractivity contribution in [3.63, 3.8) is 0 Å². The van der Waals surface area contributed by atoms with Crippen molar-refractivity contribution in [2.75, 3.05) is 11.8 Å². The van der Waals surface area contributed by atoms with Crippen LogP contribution in [0.25, 0.3) is 10.8 Å². The first-order valence-corrected chi connectivity index (χ1v) is 10.8. The zero-order chi connectivity index (χ0) is 20.5. The first-order chi connectivity index (χ1) is 13.2. The summed E-state index contributed by atoms with van der Waals surface area (Å²) in [5.74, 6) is 0.723. The van der Waals surface area contributed by atoms with Crippen molar-refractivity contribution in [3.05, 3.63) is 65.6 Å². The molecular formula is C21H21NO4S2. The van der Waals surface area contributed by atoms with Crippen molar-refractivity contribution in [2.45, 2.75) is 23.6 Å². The van der Waals surface area contributed by atoms with Crippen LogP contribution in [0.3, 0.4) is 0 Å². The van der Waals surface area contributed by atoms with Gasteiger partial charge >= 0.3 is 0 Å². The number of hydrogen-bond acceptors (Lipinski definition) is 5. The van der Waals surface area contributed by atoms with Crippen LogP contribution in [0.4, 0.5) is 5.69 Å². The van der Waals surface area contributed by atoms with Gasteiger partial charge in [0.2, 0.25) is 0 Å². The molecular weight excluding hydrogens is 394 g/mol. The highest BCUT2D eigenvalue weighted by atomic mass is 32.2. The third kappa shape index (κ3) is 3.95. The molecule has 28 heavy (non-hydrogen) atoms. The Hall–Kier alpha value is -2.64. The zero-order valence-corrected chi connectivity index (χ0v) is 17.4. The van der Waals surface area contributed by atoms with Gasteiger partial charge in [0.05, 0.1) is 22.6 Å². The molecule has 0 aliphatic rings. The number of nitrogens with one attached hydrogen (secondary N) is 1. The number of methoxy groups -OCH3 is 1. The Balaban J connectivity index is 2.11. The minimum Gasteiger partial charge on any atom is -0.506 e. The summed E-state index contributed by atoms with van der Waals surface area (Å²) in [4.78, 5) is 1.46. The maximum Gasteiger partial charge on any atom is 0.261 e. The third-order valence-electron chi connectivity index (χ3n) is 4.19. The van der Waals surface area contributed by atoms with Crippen LogP contribution in [0.1, 0.15) is 12.5 Å². The molecule has 7 heteroatoms. The van der Waals surface area contributed by atoms with Crippen molar-refractivity contribution < 1.29 is 18.3 Å². The second kappa shape index (κ2) is 7.77. The summed E-state index contributed by atoms with van der Waals surface area (Å²) in [7, 11) is -2.29. The van der Waals surface area contributed by atoms with Gasteiger partial charge in [0, 0.05) is 10.8 Å². The minimum atomic E-state index is -3.83. The summed E-state index contributed by atoms with van der Waals surface area (Å²) in [6.45, 7) is 7.46. The number of thioether (sulfide) groups is 1. The highest BCUT2D eigenvalue weighted by Gasteiger charge is 2.19. The molecule has 0 unspecified atom stereocenters. The molecule has 0 saturated carbocycles. The lowest BCUT2D eigenvalue weighted by Crippen LogP contribution is -2.13. The predicted octanol–water partition coefficient (Wildman–Crippen LogP) is 5.29. The van der Waals surface area contributed by atoms with Crippen molar-refractivity contribution >= 4 is 38.2 Å². The number of benzene rings is 3. The fraction of sp³-hybridized carbons (Fsp3) is 0.143. The SMILES string of the molecule is C=C(C)Sc1cc(NS(=O)(=O)c2ccc(OC)c(C)c2)c2ccccc2c1O. The molecule has 0 saturated heterocycles. The number of aryl methyl sites for hydroxylation is 1. The molecule has 0 aliphatic carbocycles. The third-order valence-corrected chi connectivity index (χ3v) is 6.43. The van der Waals surface area contributed by atoms with Crippen LogP contribution < -0.4 is 9.46 Å². The maximum atomic E-state index is 13.0. The van der Waals surface area contributed by atoms with Gasteiger partial charge in [0.1, 0.15) is 11.5 Å². The van der Waals surface area contributed by atoms with E-state index >= 15 is 0 Å². The van der Waals surface area contributed by atoms with Gasteiger partial charge in [0.25, 0.3) is 10.0 Å². The summed E-state index contributed by atoms with van der Waals surface area (Å²) in [6.07, 6.45) is 0. The number of allylic oxidation sites excluding steroid dienone is 1. The maximum absolute atomic E-state index is 13.0. The van der Waals surface area contributed by atoms with Crippen LogP contribution in [0, 0.1) is 6.92 Å². The molecule has 0 radical (unpaired) electrons. The van der Waals surface area contributed by atoms with E-state index in [1.807, 2.05) is 6.92 Å². The summed E-state index contributed by atoms with van der Waals surface area (Å²) < 4.78 is 33.8. The van der Waals surface area contributed by atoms with Gasteiger partial charge in [-0.25, -0.2) is 8.42 Å². The fourth-order valence-corrected chi connectivity index (χ4v) is 4.82. The number of sulfonamides is 1. The fourth-order valence-electron chi connectivity index (χ4n) is 2.91.